The average Bonchev–Trinajstić information content (AvgIpc) is 3.55. The molecular formula is C20H23N9O3. The molecule has 0 aromatic carbocycles. The molecule has 1 unspecified atom stereocenters. The van der Waals surface area contributed by atoms with Crippen molar-refractivity contribution in [2.24, 2.45) is 11.8 Å². The number of carbonyl (C=O) groups excluding carboxylic acids is 1. The second-order valence-corrected chi connectivity index (χ2v) is 7.70. The Labute approximate surface area is 183 Å². The van der Waals surface area contributed by atoms with Gasteiger partial charge in [-0.05, 0) is 30.9 Å². The Morgan fingerprint density at radius 1 is 1.34 bits per heavy atom. The van der Waals surface area contributed by atoms with Crippen LogP contribution in [-0.4, -0.2) is 47.9 Å². The van der Waals surface area contributed by atoms with Gasteiger partial charge in [0.15, 0.2) is 0 Å². The fraction of sp³-hybridized carbons (Fsp3) is 0.400. The number of hydrogen-bond acceptors (Lipinski definition) is 8. The van der Waals surface area contributed by atoms with Crippen LogP contribution in [0.1, 0.15) is 48.6 Å². The highest BCUT2D eigenvalue weighted by Gasteiger charge is 2.27. The zero-order chi connectivity index (χ0) is 22.7. The largest absolute Gasteiger partial charge is 0.480 e. The fourth-order valence-electron chi connectivity index (χ4n) is 4.24. The van der Waals surface area contributed by atoms with Gasteiger partial charge < -0.3 is 10.4 Å². The minimum absolute atomic E-state index is 0.0240. The topological polar surface area (TPSA) is 176 Å². The number of carboxylic acid groups (broad SMARTS) is 1. The van der Waals surface area contributed by atoms with E-state index in [1.165, 1.54) is 4.52 Å². The van der Waals surface area contributed by atoms with E-state index in [1.54, 1.807) is 18.3 Å². The van der Waals surface area contributed by atoms with Crippen LogP contribution in [0.4, 0.5) is 5.95 Å². The second kappa shape index (κ2) is 9.03. The van der Waals surface area contributed by atoms with Gasteiger partial charge in [0.25, 0.3) is 5.91 Å². The van der Waals surface area contributed by atoms with Crippen molar-refractivity contribution >= 4 is 23.3 Å². The third-order valence-corrected chi connectivity index (χ3v) is 5.73. The molecule has 1 amide bonds. The fourth-order valence-corrected chi connectivity index (χ4v) is 4.24. The number of anilines is 1. The van der Waals surface area contributed by atoms with E-state index in [-0.39, 0.29) is 17.7 Å². The number of hydrogen-bond donors (Lipinski definition) is 4. The summed E-state index contributed by atoms with van der Waals surface area (Å²) in [5.74, 6) is 4.08. The first kappa shape index (κ1) is 21.3. The lowest BCUT2D eigenvalue weighted by molar-refractivity contribution is -0.134. The summed E-state index contributed by atoms with van der Waals surface area (Å²) in [6.45, 7) is -0.393. The Morgan fingerprint density at radius 3 is 2.81 bits per heavy atom. The van der Waals surface area contributed by atoms with Crippen LogP contribution in [-0.2, 0) is 4.79 Å². The molecule has 12 heteroatoms. The monoisotopic (exact) mass is 437 g/mol. The van der Waals surface area contributed by atoms with Crippen molar-refractivity contribution in [1.82, 2.24) is 29.8 Å². The van der Waals surface area contributed by atoms with Crippen molar-refractivity contribution in [3.63, 3.8) is 0 Å². The van der Waals surface area contributed by atoms with Gasteiger partial charge in [0.2, 0.25) is 5.95 Å². The minimum atomic E-state index is -1.08. The van der Waals surface area contributed by atoms with Crippen molar-refractivity contribution in [1.29, 1.82) is 5.26 Å². The Balaban J connectivity index is 1.77. The van der Waals surface area contributed by atoms with Gasteiger partial charge in [-0.3, -0.25) is 19.7 Å². The van der Waals surface area contributed by atoms with Crippen molar-refractivity contribution < 1.29 is 14.7 Å². The van der Waals surface area contributed by atoms with E-state index in [1.807, 2.05) is 10.9 Å². The third kappa shape index (κ3) is 4.10. The van der Waals surface area contributed by atoms with Crippen molar-refractivity contribution in [3.8, 4) is 17.3 Å². The first-order valence-corrected chi connectivity index (χ1v) is 10.3. The molecule has 166 valence electrons. The molecule has 1 atom stereocenters. The number of aliphatic carboxylic acids is 1. The van der Waals surface area contributed by atoms with Gasteiger partial charge in [0, 0.05) is 11.8 Å². The molecule has 4 rings (SSSR count). The van der Waals surface area contributed by atoms with Gasteiger partial charge in [-0.2, -0.15) is 10.4 Å². The SMILES string of the molecule is N#CCC(C1CCCC1)n1cc(-c2nc(NCC(=O)O)nn3c(C(=O)NN)ccc23)cn1. The lowest BCUT2D eigenvalue weighted by Crippen LogP contribution is -2.31. The number of amides is 1. The summed E-state index contributed by atoms with van der Waals surface area (Å²) in [5.41, 5.74) is 3.90. The normalized spacial score (nSPS) is 14.9. The molecule has 1 aliphatic rings. The number of hydrazine groups is 1. The highest BCUT2D eigenvalue weighted by molar-refractivity contribution is 5.94. The molecule has 12 nitrogen and oxygen atoms in total. The summed E-state index contributed by atoms with van der Waals surface area (Å²) in [4.78, 5) is 27.6. The lowest BCUT2D eigenvalue weighted by atomic mass is 9.96. The molecule has 3 aromatic heterocycles. The van der Waals surface area contributed by atoms with E-state index in [4.69, 9.17) is 10.9 Å². The maximum atomic E-state index is 12.1. The molecule has 3 heterocycles. The van der Waals surface area contributed by atoms with Gasteiger partial charge in [-0.15, -0.1) is 5.10 Å². The molecule has 5 N–H and O–H groups in total. The minimum Gasteiger partial charge on any atom is -0.480 e. The molecule has 3 aromatic rings. The van der Waals surface area contributed by atoms with Crippen molar-refractivity contribution in [2.75, 3.05) is 11.9 Å². The number of carbonyl (C=O) groups is 2. The maximum Gasteiger partial charge on any atom is 0.322 e. The zero-order valence-corrected chi connectivity index (χ0v) is 17.2. The van der Waals surface area contributed by atoms with Crippen LogP contribution < -0.4 is 16.6 Å². The number of nitriles is 1. The number of nitrogens with two attached hydrogens (primary N) is 1. The molecule has 0 bridgehead atoms. The van der Waals surface area contributed by atoms with Crippen LogP contribution in [0.2, 0.25) is 0 Å². The van der Waals surface area contributed by atoms with Crippen LogP contribution in [0.5, 0.6) is 0 Å². The van der Waals surface area contributed by atoms with E-state index >= 15 is 0 Å². The Hall–Kier alpha value is -3.98. The second-order valence-electron chi connectivity index (χ2n) is 7.70. The van der Waals surface area contributed by atoms with E-state index < -0.39 is 18.4 Å². The lowest BCUT2D eigenvalue weighted by Gasteiger charge is -2.21. The molecule has 0 spiro atoms. The summed E-state index contributed by atoms with van der Waals surface area (Å²) < 4.78 is 3.17. The summed E-state index contributed by atoms with van der Waals surface area (Å²) in [7, 11) is 0. The zero-order valence-electron chi connectivity index (χ0n) is 17.2. The van der Waals surface area contributed by atoms with E-state index in [2.05, 4.69) is 32.0 Å². The predicted molar refractivity (Wildman–Crippen MR) is 113 cm³/mol. The van der Waals surface area contributed by atoms with E-state index in [0.717, 1.165) is 25.7 Å². The van der Waals surface area contributed by atoms with E-state index in [0.29, 0.717) is 29.1 Å². The van der Waals surface area contributed by atoms with E-state index in [9.17, 15) is 14.9 Å². The van der Waals surface area contributed by atoms with Gasteiger partial charge in [0.05, 0.1) is 30.2 Å². The molecule has 0 saturated heterocycles. The van der Waals surface area contributed by atoms with Crippen LogP contribution in [0.3, 0.4) is 0 Å². The molecule has 0 aliphatic heterocycles. The predicted octanol–water partition coefficient (Wildman–Crippen LogP) is 1.34. The quantitative estimate of drug-likeness (QED) is 0.230. The van der Waals surface area contributed by atoms with Gasteiger partial charge in [-0.25, -0.2) is 15.3 Å². The Morgan fingerprint density at radius 2 is 2.12 bits per heavy atom. The Kier molecular flexibility index (Phi) is 6.00. The highest BCUT2D eigenvalue weighted by Crippen LogP contribution is 2.36. The standard InChI is InChI=1S/C20H23N9O3/c21-8-7-14(12-3-1-2-4-12)28-11-13(9-24-28)18-15-5-6-16(19(32)26-22)29(15)27-20(25-18)23-10-17(30)31/h5-6,9,11-12,14H,1-4,7,10,22H2,(H,23,27)(H,26,32)(H,30,31). The molecular weight excluding hydrogens is 414 g/mol. The molecule has 1 saturated carbocycles. The van der Waals surface area contributed by atoms with Crippen LogP contribution in [0.15, 0.2) is 24.5 Å². The van der Waals surface area contributed by atoms with Gasteiger partial charge >= 0.3 is 5.97 Å². The van der Waals surface area contributed by atoms with Gasteiger partial charge in [-0.1, -0.05) is 12.8 Å². The maximum absolute atomic E-state index is 12.1. The summed E-state index contributed by atoms with van der Waals surface area (Å²) >= 11 is 0. The average molecular weight is 437 g/mol. The number of nitrogens with one attached hydrogen (secondary N) is 2. The third-order valence-electron chi connectivity index (χ3n) is 5.73. The first-order chi connectivity index (χ1) is 15.5. The molecule has 1 fully saturated rings. The highest BCUT2D eigenvalue weighted by atomic mass is 16.4. The van der Waals surface area contributed by atoms with Crippen LogP contribution in [0.25, 0.3) is 16.8 Å². The number of aromatic nitrogens is 5. The molecule has 1 aliphatic carbocycles. The number of rotatable bonds is 8. The number of nitrogen functional groups attached to an aromatic ring is 1. The van der Waals surface area contributed by atoms with Crippen molar-refractivity contribution in [2.45, 2.75) is 38.1 Å². The first-order valence-electron chi connectivity index (χ1n) is 10.3. The molecule has 0 radical (unpaired) electrons. The van der Waals surface area contributed by atoms with Gasteiger partial charge in [0.1, 0.15) is 17.9 Å². The number of fused-ring (bicyclic) bond motifs is 1. The number of nitrogens with zero attached hydrogens (tertiary/aromatic N) is 6. The Bertz CT molecular complexity index is 1190. The smallest absolute Gasteiger partial charge is 0.322 e. The van der Waals surface area contributed by atoms with Crippen molar-refractivity contribution in [3.05, 3.63) is 30.2 Å². The van der Waals surface area contributed by atoms with Crippen LogP contribution >= 0.6 is 0 Å². The summed E-state index contributed by atoms with van der Waals surface area (Å²) in [6, 6.07) is 5.48. The molecule has 32 heavy (non-hydrogen) atoms. The van der Waals surface area contributed by atoms with Crippen LogP contribution in [0, 0.1) is 17.2 Å². The number of carboxylic acids is 1. The summed E-state index contributed by atoms with van der Waals surface area (Å²) in [5, 5.41) is 29.7. The summed E-state index contributed by atoms with van der Waals surface area (Å²) in [6.07, 6.45) is 8.29.